The van der Waals surface area contributed by atoms with E-state index in [1.54, 1.807) is 12.4 Å². The average molecular weight is 205 g/mol. The average Bonchev–Trinajstić information content (AvgIpc) is 2.29. The third kappa shape index (κ3) is 4.44. The zero-order valence-corrected chi connectivity index (χ0v) is 8.87. The van der Waals surface area contributed by atoms with Crippen molar-refractivity contribution in [2.75, 3.05) is 19.6 Å². The van der Waals surface area contributed by atoms with E-state index < -0.39 is 0 Å². The van der Waals surface area contributed by atoms with Crippen LogP contribution in [0.5, 0.6) is 0 Å². The Hall–Kier alpha value is -1.58. The minimum Gasteiger partial charge on any atom is -0.299 e. The predicted molar refractivity (Wildman–Crippen MR) is 59.2 cm³/mol. The number of aromatic nitrogens is 1. The van der Waals surface area contributed by atoms with Crippen molar-refractivity contribution in [2.24, 2.45) is 5.11 Å². The maximum atomic E-state index is 8.17. The molecule has 0 unspecified atom stereocenters. The summed E-state index contributed by atoms with van der Waals surface area (Å²) >= 11 is 0. The van der Waals surface area contributed by atoms with Crippen molar-refractivity contribution < 1.29 is 0 Å². The molecule has 80 valence electrons. The van der Waals surface area contributed by atoms with Gasteiger partial charge in [0, 0.05) is 36.9 Å². The summed E-state index contributed by atoms with van der Waals surface area (Å²) in [6, 6.07) is 3.99. The van der Waals surface area contributed by atoms with Crippen LogP contribution >= 0.6 is 0 Å². The highest BCUT2D eigenvalue weighted by Crippen LogP contribution is 2.02. The Kier molecular flexibility index (Phi) is 5.22. The van der Waals surface area contributed by atoms with E-state index in [2.05, 4.69) is 26.8 Å². The van der Waals surface area contributed by atoms with E-state index in [0.717, 1.165) is 19.6 Å². The molecule has 0 fully saturated rings. The number of hydrogen-bond donors (Lipinski definition) is 0. The van der Waals surface area contributed by atoms with Crippen molar-refractivity contribution in [3.05, 3.63) is 40.5 Å². The molecule has 0 aliphatic heterocycles. The molecule has 1 heterocycles. The summed E-state index contributed by atoms with van der Waals surface area (Å²) in [5, 5.41) is 3.53. The van der Waals surface area contributed by atoms with Crippen LogP contribution < -0.4 is 0 Å². The maximum Gasteiger partial charge on any atom is 0.0385 e. The molecule has 1 aromatic rings. The van der Waals surface area contributed by atoms with Crippen LogP contribution in [0.25, 0.3) is 10.4 Å². The summed E-state index contributed by atoms with van der Waals surface area (Å²) in [5.41, 5.74) is 9.40. The van der Waals surface area contributed by atoms with E-state index in [1.807, 2.05) is 12.1 Å². The molecule has 1 rings (SSSR count). The van der Waals surface area contributed by atoms with Gasteiger partial charge in [-0.25, -0.2) is 0 Å². The first kappa shape index (κ1) is 11.5. The lowest BCUT2D eigenvalue weighted by molar-refractivity contribution is 0.288. The molecule has 0 radical (unpaired) electrons. The molecule has 5 heteroatoms. The van der Waals surface area contributed by atoms with Gasteiger partial charge in [0.1, 0.15) is 0 Å². The molecule has 0 N–H and O–H groups in total. The molecule has 0 bridgehead atoms. The van der Waals surface area contributed by atoms with Gasteiger partial charge in [-0.15, -0.1) is 0 Å². The van der Waals surface area contributed by atoms with Crippen LogP contribution in [-0.2, 0) is 6.54 Å². The fourth-order valence-electron chi connectivity index (χ4n) is 1.33. The van der Waals surface area contributed by atoms with E-state index in [9.17, 15) is 0 Å². The van der Waals surface area contributed by atoms with E-state index in [4.69, 9.17) is 5.53 Å². The van der Waals surface area contributed by atoms with Gasteiger partial charge in [-0.3, -0.25) is 9.88 Å². The standard InChI is InChI=1S/C10H15N5/c1-2-15(8-7-13-14-11)9-10-3-5-12-6-4-10/h3-6H,2,7-9H2,1H3. The summed E-state index contributed by atoms with van der Waals surface area (Å²) in [6.45, 7) is 5.23. The normalized spacial score (nSPS) is 10.0. The van der Waals surface area contributed by atoms with Crippen LogP contribution in [0.3, 0.4) is 0 Å². The molecule has 0 atom stereocenters. The van der Waals surface area contributed by atoms with Gasteiger partial charge >= 0.3 is 0 Å². The SMILES string of the molecule is CCN(CCN=[N+]=[N-])Cc1ccncc1. The first-order chi connectivity index (χ1) is 7.36. The Morgan fingerprint density at radius 3 is 2.80 bits per heavy atom. The summed E-state index contributed by atoms with van der Waals surface area (Å²) in [4.78, 5) is 8.93. The van der Waals surface area contributed by atoms with E-state index in [-0.39, 0.29) is 0 Å². The van der Waals surface area contributed by atoms with Gasteiger partial charge in [0.25, 0.3) is 0 Å². The quantitative estimate of drug-likeness (QED) is 0.406. The Bertz CT molecular complexity index is 318. The minimum absolute atomic E-state index is 0.523. The molecule has 0 saturated heterocycles. The molecule has 5 nitrogen and oxygen atoms in total. The van der Waals surface area contributed by atoms with Crippen LogP contribution in [-0.4, -0.2) is 29.5 Å². The molecular formula is C10H15N5. The van der Waals surface area contributed by atoms with Crippen LogP contribution in [0.2, 0.25) is 0 Å². The number of hydrogen-bond acceptors (Lipinski definition) is 3. The first-order valence-corrected chi connectivity index (χ1v) is 4.99. The first-order valence-electron chi connectivity index (χ1n) is 4.99. The molecule has 15 heavy (non-hydrogen) atoms. The van der Waals surface area contributed by atoms with Crippen molar-refractivity contribution >= 4 is 0 Å². The second kappa shape index (κ2) is 6.81. The lowest BCUT2D eigenvalue weighted by Gasteiger charge is -2.18. The zero-order chi connectivity index (χ0) is 10.9. The van der Waals surface area contributed by atoms with E-state index in [0.29, 0.717) is 6.54 Å². The molecular weight excluding hydrogens is 190 g/mol. The third-order valence-electron chi connectivity index (χ3n) is 2.18. The highest BCUT2D eigenvalue weighted by molar-refractivity contribution is 5.09. The van der Waals surface area contributed by atoms with Crippen LogP contribution in [0.15, 0.2) is 29.6 Å². The smallest absolute Gasteiger partial charge is 0.0385 e. The Labute approximate surface area is 89.4 Å². The molecule has 0 saturated carbocycles. The zero-order valence-electron chi connectivity index (χ0n) is 8.87. The van der Waals surface area contributed by atoms with E-state index in [1.165, 1.54) is 5.56 Å². The predicted octanol–water partition coefficient (Wildman–Crippen LogP) is 2.21. The van der Waals surface area contributed by atoms with Gasteiger partial charge in [0.2, 0.25) is 0 Å². The van der Waals surface area contributed by atoms with Crippen molar-refractivity contribution in [3.8, 4) is 0 Å². The van der Waals surface area contributed by atoms with Gasteiger partial charge in [-0.2, -0.15) is 0 Å². The molecule has 0 aliphatic carbocycles. The van der Waals surface area contributed by atoms with E-state index >= 15 is 0 Å². The van der Waals surface area contributed by atoms with Crippen molar-refractivity contribution in [1.29, 1.82) is 0 Å². The van der Waals surface area contributed by atoms with Crippen LogP contribution in [0, 0.1) is 0 Å². The number of pyridine rings is 1. The van der Waals surface area contributed by atoms with Gasteiger partial charge in [-0.1, -0.05) is 12.0 Å². The topological polar surface area (TPSA) is 64.9 Å². The fourth-order valence-corrected chi connectivity index (χ4v) is 1.33. The number of likely N-dealkylation sites (N-methyl/N-ethyl adjacent to an activating group) is 1. The van der Waals surface area contributed by atoms with Crippen molar-refractivity contribution in [1.82, 2.24) is 9.88 Å². The fraction of sp³-hybridized carbons (Fsp3) is 0.500. The van der Waals surface area contributed by atoms with Gasteiger partial charge in [-0.05, 0) is 29.8 Å². The molecule has 0 spiro atoms. The number of rotatable bonds is 6. The second-order valence-corrected chi connectivity index (χ2v) is 3.18. The maximum absolute atomic E-state index is 8.17. The summed E-state index contributed by atoms with van der Waals surface area (Å²) in [7, 11) is 0. The Morgan fingerprint density at radius 1 is 1.47 bits per heavy atom. The number of azide groups is 1. The van der Waals surface area contributed by atoms with Crippen molar-refractivity contribution in [2.45, 2.75) is 13.5 Å². The Morgan fingerprint density at radius 2 is 2.20 bits per heavy atom. The van der Waals surface area contributed by atoms with Crippen molar-refractivity contribution in [3.63, 3.8) is 0 Å². The molecule has 1 aromatic heterocycles. The lowest BCUT2D eigenvalue weighted by Crippen LogP contribution is -2.25. The summed E-state index contributed by atoms with van der Waals surface area (Å²) in [6.07, 6.45) is 3.58. The van der Waals surface area contributed by atoms with Crippen LogP contribution in [0.1, 0.15) is 12.5 Å². The van der Waals surface area contributed by atoms with Gasteiger partial charge in [0.15, 0.2) is 0 Å². The lowest BCUT2D eigenvalue weighted by atomic mass is 10.2. The summed E-state index contributed by atoms with van der Waals surface area (Å²) < 4.78 is 0. The van der Waals surface area contributed by atoms with Gasteiger partial charge in [0.05, 0.1) is 0 Å². The van der Waals surface area contributed by atoms with Crippen LogP contribution in [0.4, 0.5) is 0 Å². The summed E-state index contributed by atoms with van der Waals surface area (Å²) in [5.74, 6) is 0. The largest absolute Gasteiger partial charge is 0.299 e. The number of nitrogens with zero attached hydrogens (tertiary/aromatic N) is 5. The van der Waals surface area contributed by atoms with Gasteiger partial charge < -0.3 is 0 Å². The monoisotopic (exact) mass is 205 g/mol. The minimum atomic E-state index is 0.523. The highest BCUT2D eigenvalue weighted by atomic mass is 15.2. The highest BCUT2D eigenvalue weighted by Gasteiger charge is 2.01. The molecule has 0 aliphatic rings. The molecule has 0 amide bonds. The second-order valence-electron chi connectivity index (χ2n) is 3.18. The Balaban J connectivity index is 2.43. The third-order valence-corrected chi connectivity index (χ3v) is 2.18. The molecule has 0 aromatic carbocycles.